The Kier molecular flexibility index (Phi) is 8.07. The molecule has 2 amide bonds. The van der Waals surface area contributed by atoms with E-state index >= 15 is 4.39 Å². The summed E-state index contributed by atoms with van der Waals surface area (Å²) < 4.78 is 20.3. The van der Waals surface area contributed by atoms with Crippen molar-refractivity contribution in [2.24, 2.45) is 0 Å². The van der Waals surface area contributed by atoms with Gasteiger partial charge in [0.1, 0.15) is 12.8 Å². The third kappa shape index (κ3) is 6.34. The van der Waals surface area contributed by atoms with Gasteiger partial charge >= 0.3 is 12.2 Å². The summed E-state index contributed by atoms with van der Waals surface area (Å²) in [7, 11) is 0. The monoisotopic (exact) mass is 502 g/mol. The lowest BCUT2D eigenvalue weighted by Crippen LogP contribution is -2.52. The number of ether oxygens (including phenoxy) is 1. The standard InChI is InChI=1S/C25H28ClFN4O4/c1-25(2,3)31(24(33)34)21-12-17(13-28)11-20(22(21)26)30-10-9-19(18(27)14-30)29-23(32)35-15-16-7-5-4-6-8-16/h4-8,11-12,18-19H,9-10,14-15H2,1-3H3,(H,29,32)(H,33,34)/t18-,19+/m1/s1. The Morgan fingerprint density at radius 2 is 2.00 bits per heavy atom. The van der Waals surface area contributed by atoms with E-state index in [1.807, 2.05) is 36.4 Å². The number of nitrogens with one attached hydrogen (secondary N) is 1. The first-order chi connectivity index (χ1) is 16.5. The summed E-state index contributed by atoms with van der Waals surface area (Å²) in [6.07, 6.45) is -3.09. The molecule has 2 atom stereocenters. The zero-order valence-electron chi connectivity index (χ0n) is 19.8. The van der Waals surface area contributed by atoms with E-state index in [1.165, 1.54) is 12.1 Å². The lowest BCUT2D eigenvalue weighted by molar-refractivity contribution is 0.124. The summed E-state index contributed by atoms with van der Waals surface area (Å²) in [5.41, 5.74) is 0.711. The molecule has 10 heteroatoms. The minimum absolute atomic E-state index is 0.0790. The summed E-state index contributed by atoms with van der Waals surface area (Å²) in [6, 6.07) is 13.4. The lowest BCUT2D eigenvalue weighted by atomic mass is 10.0. The van der Waals surface area contributed by atoms with Gasteiger partial charge in [-0.2, -0.15) is 5.26 Å². The van der Waals surface area contributed by atoms with E-state index < -0.39 is 29.9 Å². The molecule has 35 heavy (non-hydrogen) atoms. The van der Waals surface area contributed by atoms with Crippen molar-refractivity contribution in [1.29, 1.82) is 5.26 Å². The van der Waals surface area contributed by atoms with Crippen LogP contribution >= 0.6 is 11.6 Å². The molecule has 0 aliphatic carbocycles. The van der Waals surface area contributed by atoms with Gasteiger partial charge in [-0.1, -0.05) is 41.9 Å². The number of nitrogens with zero attached hydrogens (tertiary/aromatic N) is 3. The SMILES string of the molecule is CC(C)(C)N(C(=O)O)c1cc(C#N)cc(N2CC[C@H](NC(=O)OCc3ccccc3)[C@H](F)C2)c1Cl. The second-order valence-electron chi connectivity index (χ2n) is 9.29. The highest BCUT2D eigenvalue weighted by molar-refractivity contribution is 6.36. The van der Waals surface area contributed by atoms with Crippen LogP contribution in [0.3, 0.4) is 0 Å². The van der Waals surface area contributed by atoms with Crippen molar-refractivity contribution in [3.8, 4) is 6.07 Å². The van der Waals surface area contributed by atoms with E-state index in [0.29, 0.717) is 12.2 Å². The first-order valence-corrected chi connectivity index (χ1v) is 11.5. The first-order valence-electron chi connectivity index (χ1n) is 11.1. The molecule has 1 aliphatic rings. The molecule has 2 aromatic rings. The van der Waals surface area contributed by atoms with Crippen LogP contribution in [0.4, 0.5) is 25.4 Å². The summed E-state index contributed by atoms with van der Waals surface area (Å²) in [5, 5.41) is 22.0. The summed E-state index contributed by atoms with van der Waals surface area (Å²) in [4.78, 5) is 26.9. The molecule has 8 nitrogen and oxygen atoms in total. The second kappa shape index (κ2) is 10.8. The van der Waals surface area contributed by atoms with Gasteiger partial charge in [0.05, 0.1) is 40.6 Å². The van der Waals surface area contributed by atoms with Gasteiger partial charge in [-0.25, -0.2) is 14.0 Å². The van der Waals surface area contributed by atoms with Crippen LogP contribution in [0, 0.1) is 11.3 Å². The number of carbonyl (C=O) groups excluding carboxylic acids is 1. The van der Waals surface area contributed by atoms with Crippen molar-refractivity contribution in [3.05, 3.63) is 58.6 Å². The Bertz CT molecular complexity index is 1120. The maximum absolute atomic E-state index is 15.1. The Morgan fingerprint density at radius 1 is 1.31 bits per heavy atom. The molecule has 3 rings (SSSR count). The van der Waals surface area contributed by atoms with Crippen molar-refractivity contribution in [1.82, 2.24) is 5.32 Å². The molecule has 186 valence electrons. The number of hydrogen-bond acceptors (Lipinski definition) is 5. The van der Waals surface area contributed by atoms with Crippen LogP contribution in [-0.4, -0.2) is 48.1 Å². The second-order valence-corrected chi connectivity index (χ2v) is 9.67. The molecular weight excluding hydrogens is 475 g/mol. The number of carboxylic acid groups (broad SMARTS) is 1. The number of carbonyl (C=O) groups is 2. The number of anilines is 2. The van der Waals surface area contributed by atoms with Crippen molar-refractivity contribution >= 4 is 35.2 Å². The Hall–Kier alpha value is -3.51. The topological polar surface area (TPSA) is 106 Å². The van der Waals surface area contributed by atoms with Gasteiger partial charge in [0.15, 0.2) is 0 Å². The minimum atomic E-state index is -1.43. The number of halogens is 2. The molecule has 0 saturated carbocycles. The fraction of sp³-hybridized carbons (Fsp3) is 0.400. The highest BCUT2D eigenvalue weighted by Crippen LogP contribution is 2.40. The predicted molar refractivity (Wildman–Crippen MR) is 132 cm³/mol. The third-order valence-corrected chi connectivity index (χ3v) is 6.05. The zero-order chi connectivity index (χ0) is 25.8. The lowest BCUT2D eigenvalue weighted by Gasteiger charge is -2.38. The minimum Gasteiger partial charge on any atom is -0.465 e. The van der Waals surface area contributed by atoms with Gasteiger partial charge in [-0.05, 0) is 44.9 Å². The first kappa shape index (κ1) is 26.1. The van der Waals surface area contributed by atoms with E-state index in [9.17, 15) is 20.0 Å². The Labute approximate surface area is 208 Å². The number of benzene rings is 2. The molecule has 1 aliphatic heterocycles. The van der Waals surface area contributed by atoms with Gasteiger partial charge < -0.3 is 20.1 Å². The van der Waals surface area contributed by atoms with Crippen LogP contribution in [0.2, 0.25) is 5.02 Å². The van der Waals surface area contributed by atoms with E-state index in [4.69, 9.17) is 16.3 Å². The number of amides is 2. The maximum Gasteiger partial charge on any atom is 0.412 e. The number of hydrogen-bond donors (Lipinski definition) is 2. The fourth-order valence-electron chi connectivity index (χ4n) is 4.01. The van der Waals surface area contributed by atoms with Crippen molar-refractivity contribution in [2.75, 3.05) is 22.9 Å². The van der Waals surface area contributed by atoms with Crippen LogP contribution in [0.5, 0.6) is 0 Å². The van der Waals surface area contributed by atoms with Crippen molar-refractivity contribution in [2.45, 2.75) is 51.6 Å². The van der Waals surface area contributed by atoms with E-state index in [2.05, 4.69) is 5.32 Å². The molecule has 1 heterocycles. The van der Waals surface area contributed by atoms with Crippen LogP contribution in [0.1, 0.15) is 38.3 Å². The number of piperidine rings is 1. The average Bonchev–Trinajstić information content (AvgIpc) is 2.80. The summed E-state index contributed by atoms with van der Waals surface area (Å²) in [6.45, 7) is 5.45. The molecule has 0 bridgehead atoms. The Morgan fingerprint density at radius 3 is 2.57 bits per heavy atom. The molecule has 0 radical (unpaired) electrons. The molecule has 0 unspecified atom stereocenters. The molecule has 1 saturated heterocycles. The Balaban J connectivity index is 1.73. The molecular formula is C25H28ClFN4O4. The number of rotatable bonds is 5. The van der Waals surface area contributed by atoms with E-state index in [-0.39, 0.29) is 35.8 Å². The molecule has 2 N–H and O–H groups in total. The number of alkyl carbamates (subject to hydrolysis) is 1. The van der Waals surface area contributed by atoms with Gasteiger partial charge in [0.2, 0.25) is 0 Å². The van der Waals surface area contributed by atoms with Crippen LogP contribution in [0.25, 0.3) is 0 Å². The molecule has 0 spiro atoms. The summed E-state index contributed by atoms with van der Waals surface area (Å²) in [5.74, 6) is 0. The maximum atomic E-state index is 15.1. The highest BCUT2D eigenvalue weighted by Gasteiger charge is 2.35. The van der Waals surface area contributed by atoms with Crippen molar-refractivity contribution in [3.63, 3.8) is 0 Å². The van der Waals surface area contributed by atoms with Crippen LogP contribution in [-0.2, 0) is 11.3 Å². The average molecular weight is 503 g/mol. The molecule has 0 aromatic heterocycles. The highest BCUT2D eigenvalue weighted by atomic mass is 35.5. The van der Waals surface area contributed by atoms with Crippen molar-refractivity contribution < 1.29 is 23.8 Å². The van der Waals surface area contributed by atoms with E-state index in [0.717, 1.165) is 10.5 Å². The van der Waals surface area contributed by atoms with E-state index in [1.54, 1.807) is 25.7 Å². The number of nitriles is 1. The normalized spacial score (nSPS) is 17.9. The third-order valence-electron chi connectivity index (χ3n) is 5.66. The predicted octanol–water partition coefficient (Wildman–Crippen LogP) is 5.34. The van der Waals surface area contributed by atoms with Gasteiger partial charge in [0.25, 0.3) is 0 Å². The fourth-order valence-corrected chi connectivity index (χ4v) is 4.32. The molecule has 1 fully saturated rings. The van der Waals surface area contributed by atoms with Gasteiger partial charge in [0, 0.05) is 12.1 Å². The van der Waals surface area contributed by atoms with Crippen LogP contribution < -0.4 is 15.1 Å². The summed E-state index contributed by atoms with van der Waals surface area (Å²) >= 11 is 6.62. The quantitative estimate of drug-likeness (QED) is 0.571. The smallest absolute Gasteiger partial charge is 0.412 e. The largest absolute Gasteiger partial charge is 0.465 e. The molecule has 2 aromatic carbocycles. The van der Waals surface area contributed by atoms with Gasteiger partial charge in [-0.3, -0.25) is 4.90 Å². The zero-order valence-corrected chi connectivity index (χ0v) is 20.6. The van der Waals surface area contributed by atoms with Crippen LogP contribution in [0.15, 0.2) is 42.5 Å². The van der Waals surface area contributed by atoms with Gasteiger partial charge in [-0.15, -0.1) is 0 Å². The number of alkyl halides is 1.